The molecule has 0 unspecified atom stereocenters. The molecule has 3 N–H and O–H groups in total. The molecule has 0 aliphatic rings. The van der Waals surface area contributed by atoms with Crippen LogP contribution in [-0.2, 0) is 17.9 Å². The monoisotopic (exact) mass is 276 g/mol. The van der Waals surface area contributed by atoms with Gasteiger partial charge in [-0.2, -0.15) is 5.10 Å². The molecule has 6 heteroatoms. The molecular weight excluding hydrogens is 259 g/mol. The molecule has 1 heterocycles. The topological polar surface area (TPSA) is 72.9 Å². The summed E-state index contributed by atoms with van der Waals surface area (Å²) in [6.07, 6.45) is 1.64. The molecule has 0 saturated heterocycles. The van der Waals surface area contributed by atoms with E-state index in [9.17, 15) is 9.18 Å². The standard InChI is InChI=1S/C14H17FN4O/c1-9-5-11(6-10(2)14(9)15)7-17-13(20)8-19-4-3-12(16)18-19/h3-6H,7-8H2,1-2H3,(H2,16,18)(H,17,20). The zero-order valence-corrected chi connectivity index (χ0v) is 11.5. The second-order valence-corrected chi connectivity index (χ2v) is 4.76. The van der Waals surface area contributed by atoms with Crippen molar-refractivity contribution in [2.45, 2.75) is 26.9 Å². The van der Waals surface area contributed by atoms with Gasteiger partial charge in [-0.05, 0) is 36.6 Å². The number of aryl methyl sites for hydroxylation is 2. The fourth-order valence-corrected chi connectivity index (χ4v) is 2.01. The van der Waals surface area contributed by atoms with Crippen molar-refractivity contribution in [3.63, 3.8) is 0 Å². The lowest BCUT2D eigenvalue weighted by molar-refractivity contribution is -0.122. The van der Waals surface area contributed by atoms with Crippen LogP contribution >= 0.6 is 0 Å². The van der Waals surface area contributed by atoms with Gasteiger partial charge in [0.15, 0.2) is 0 Å². The molecule has 106 valence electrons. The summed E-state index contributed by atoms with van der Waals surface area (Å²) in [4.78, 5) is 11.7. The first-order valence-corrected chi connectivity index (χ1v) is 6.27. The highest BCUT2D eigenvalue weighted by Crippen LogP contribution is 2.14. The van der Waals surface area contributed by atoms with Crippen LogP contribution in [0.4, 0.5) is 10.2 Å². The molecule has 0 aliphatic heterocycles. The molecule has 5 nitrogen and oxygen atoms in total. The third kappa shape index (κ3) is 3.34. The first-order valence-electron chi connectivity index (χ1n) is 6.27. The number of halogens is 1. The van der Waals surface area contributed by atoms with E-state index in [1.807, 2.05) is 0 Å². The largest absolute Gasteiger partial charge is 0.382 e. The Morgan fingerprint density at radius 3 is 2.60 bits per heavy atom. The van der Waals surface area contributed by atoms with Gasteiger partial charge >= 0.3 is 0 Å². The number of nitrogens with zero attached hydrogens (tertiary/aromatic N) is 2. The van der Waals surface area contributed by atoms with Crippen LogP contribution in [0, 0.1) is 19.7 Å². The molecule has 20 heavy (non-hydrogen) atoms. The molecule has 1 aromatic heterocycles. The maximum Gasteiger partial charge on any atom is 0.241 e. The molecule has 0 fully saturated rings. The average molecular weight is 276 g/mol. The number of nitrogens with one attached hydrogen (secondary N) is 1. The number of carbonyl (C=O) groups is 1. The Bertz CT molecular complexity index is 613. The third-order valence-electron chi connectivity index (χ3n) is 2.95. The Kier molecular flexibility index (Phi) is 4.02. The van der Waals surface area contributed by atoms with Crippen LogP contribution in [0.1, 0.15) is 16.7 Å². The number of anilines is 1. The lowest BCUT2D eigenvalue weighted by Crippen LogP contribution is -2.27. The van der Waals surface area contributed by atoms with Crippen molar-refractivity contribution in [3.05, 3.63) is 46.9 Å². The van der Waals surface area contributed by atoms with Gasteiger partial charge in [0.2, 0.25) is 5.91 Å². The molecule has 1 amide bonds. The lowest BCUT2D eigenvalue weighted by Gasteiger charge is -2.08. The van der Waals surface area contributed by atoms with Gasteiger partial charge in [-0.3, -0.25) is 9.48 Å². The van der Waals surface area contributed by atoms with Crippen molar-refractivity contribution in [2.24, 2.45) is 0 Å². The molecular formula is C14H17FN4O. The number of benzene rings is 1. The molecule has 1 aromatic carbocycles. The number of hydrogen-bond acceptors (Lipinski definition) is 3. The predicted octanol–water partition coefficient (Wildman–Crippen LogP) is 1.54. The minimum atomic E-state index is -0.202. The van der Waals surface area contributed by atoms with E-state index in [1.54, 1.807) is 38.2 Å². The van der Waals surface area contributed by atoms with Crippen molar-refractivity contribution in [2.75, 3.05) is 5.73 Å². The van der Waals surface area contributed by atoms with E-state index >= 15 is 0 Å². The fourth-order valence-electron chi connectivity index (χ4n) is 2.01. The molecule has 2 aromatic rings. The molecule has 0 atom stereocenters. The number of nitrogen functional groups attached to an aromatic ring is 1. The summed E-state index contributed by atoms with van der Waals surface area (Å²) in [7, 11) is 0. The van der Waals surface area contributed by atoms with Crippen LogP contribution in [-0.4, -0.2) is 15.7 Å². The van der Waals surface area contributed by atoms with Crippen molar-refractivity contribution < 1.29 is 9.18 Å². The van der Waals surface area contributed by atoms with E-state index in [0.717, 1.165) is 5.56 Å². The first-order chi connectivity index (χ1) is 9.45. The maximum absolute atomic E-state index is 13.5. The Morgan fingerprint density at radius 2 is 2.05 bits per heavy atom. The van der Waals surface area contributed by atoms with Gasteiger partial charge in [0.05, 0.1) is 0 Å². The highest BCUT2D eigenvalue weighted by molar-refractivity contribution is 5.75. The maximum atomic E-state index is 13.5. The zero-order chi connectivity index (χ0) is 14.7. The van der Waals surface area contributed by atoms with E-state index in [2.05, 4.69) is 10.4 Å². The van der Waals surface area contributed by atoms with E-state index in [0.29, 0.717) is 23.5 Å². The first kappa shape index (κ1) is 14.0. The van der Waals surface area contributed by atoms with Gasteiger partial charge in [-0.15, -0.1) is 0 Å². The zero-order valence-electron chi connectivity index (χ0n) is 11.5. The summed E-state index contributed by atoms with van der Waals surface area (Å²) < 4.78 is 15.0. The Labute approximate surface area is 116 Å². The van der Waals surface area contributed by atoms with Crippen LogP contribution < -0.4 is 11.1 Å². The molecule has 0 saturated carbocycles. The van der Waals surface area contributed by atoms with Gasteiger partial charge in [0.25, 0.3) is 0 Å². The van der Waals surface area contributed by atoms with Crippen LogP contribution in [0.2, 0.25) is 0 Å². The van der Waals surface area contributed by atoms with Gasteiger partial charge in [0.1, 0.15) is 18.2 Å². The van der Waals surface area contributed by atoms with Gasteiger partial charge in [-0.1, -0.05) is 12.1 Å². The van der Waals surface area contributed by atoms with Crippen molar-refractivity contribution in [1.29, 1.82) is 0 Å². The average Bonchev–Trinajstić information content (AvgIpc) is 2.78. The summed E-state index contributed by atoms with van der Waals surface area (Å²) in [5.74, 6) is 0.00223. The highest BCUT2D eigenvalue weighted by atomic mass is 19.1. The number of hydrogen-bond donors (Lipinski definition) is 2. The third-order valence-corrected chi connectivity index (χ3v) is 2.95. The molecule has 0 bridgehead atoms. The summed E-state index contributed by atoms with van der Waals surface area (Å²) in [5.41, 5.74) is 7.49. The minimum Gasteiger partial charge on any atom is -0.382 e. The quantitative estimate of drug-likeness (QED) is 0.889. The molecule has 2 rings (SSSR count). The summed E-state index contributed by atoms with van der Waals surface area (Å²) in [6, 6.07) is 5.09. The summed E-state index contributed by atoms with van der Waals surface area (Å²) >= 11 is 0. The second-order valence-electron chi connectivity index (χ2n) is 4.76. The fraction of sp³-hybridized carbons (Fsp3) is 0.286. The second kappa shape index (κ2) is 5.73. The number of rotatable bonds is 4. The summed E-state index contributed by atoms with van der Waals surface area (Å²) in [6.45, 7) is 3.88. The van der Waals surface area contributed by atoms with Crippen LogP contribution in [0.15, 0.2) is 24.4 Å². The Hall–Kier alpha value is -2.37. The van der Waals surface area contributed by atoms with E-state index < -0.39 is 0 Å². The van der Waals surface area contributed by atoms with Crippen molar-refractivity contribution >= 4 is 11.7 Å². The summed E-state index contributed by atoms with van der Waals surface area (Å²) in [5, 5.41) is 6.70. The van der Waals surface area contributed by atoms with Crippen molar-refractivity contribution in [3.8, 4) is 0 Å². The lowest BCUT2D eigenvalue weighted by atomic mass is 10.1. The van der Waals surface area contributed by atoms with Gasteiger partial charge in [-0.25, -0.2) is 4.39 Å². The minimum absolute atomic E-state index is 0.107. The number of nitrogens with two attached hydrogens (primary N) is 1. The molecule has 0 aliphatic carbocycles. The predicted molar refractivity (Wildman–Crippen MR) is 74.4 cm³/mol. The van der Waals surface area contributed by atoms with Crippen LogP contribution in [0.25, 0.3) is 0 Å². The van der Waals surface area contributed by atoms with E-state index in [-0.39, 0.29) is 18.3 Å². The number of carbonyl (C=O) groups excluding carboxylic acids is 1. The Balaban J connectivity index is 1.93. The smallest absolute Gasteiger partial charge is 0.241 e. The number of amides is 1. The van der Waals surface area contributed by atoms with Crippen molar-refractivity contribution in [1.82, 2.24) is 15.1 Å². The van der Waals surface area contributed by atoms with Gasteiger partial charge in [0, 0.05) is 12.7 Å². The highest BCUT2D eigenvalue weighted by Gasteiger charge is 2.07. The molecule has 0 radical (unpaired) electrons. The SMILES string of the molecule is Cc1cc(CNC(=O)Cn2ccc(N)n2)cc(C)c1F. The normalized spacial score (nSPS) is 10.6. The van der Waals surface area contributed by atoms with Crippen LogP contribution in [0.5, 0.6) is 0 Å². The Morgan fingerprint density at radius 1 is 1.40 bits per heavy atom. The van der Waals surface area contributed by atoms with Crippen LogP contribution in [0.3, 0.4) is 0 Å². The molecule has 0 spiro atoms. The van der Waals surface area contributed by atoms with E-state index in [4.69, 9.17) is 5.73 Å². The number of aromatic nitrogens is 2. The van der Waals surface area contributed by atoms with Gasteiger partial charge < -0.3 is 11.1 Å². The van der Waals surface area contributed by atoms with E-state index in [1.165, 1.54) is 4.68 Å².